The molecule has 0 aliphatic carbocycles. The fourth-order valence-corrected chi connectivity index (χ4v) is 4.02. The monoisotopic (exact) mass is 329 g/mol. The van der Waals surface area contributed by atoms with Crippen molar-refractivity contribution in [3.63, 3.8) is 0 Å². The van der Waals surface area contributed by atoms with Gasteiger partial charge in [0.1, 0.15) is 0 Å². The maximum absolute atomic E-state index is 12.5. The molecule has 1 amide bonds. The Kier molecular flexibility index (Phi) is 5.26. The molecule has 4 heteroatoms. The van der Waals surface area contributed by atoms with E-state index in [0.717, 1.165) is 44.7 Å². The van der Waals surface area contributed by atoms with Gasteiger partial charge in [-0.3, -0.25) is 9.69 Å². The van der Waals surface area contributed by atoms with E-state index in [9.17, 15) is 4.79 Å². The fraction of sp³-hybridized carbons (Fsp3) is 0.650. The number of anilines is 1. The summed E-state index contributed by atoms with van der Waals surface area (Å²) in [5.41, 5.74) is 3.85. The Morgan fingerprint density at radius 1 is 1.25 bits per heavy atom. The number of hydrogen-bond donors (Lipinski definition) is 1. The second kappa shape index (κ2) is 7.24. The van der Waals surface area contributed by atoms with E-state index >= 15 is 0 Å². The van der Waals surface area contributed by atoms with E-state index < -0.39 is 0 Å². The first-order valence-electron chi connectivity index (χ1n) is 9.37. The van der Waals surface area contributed by atoms with Gasteiger partial charge in [0, 0.05) is 49.9 Å². The summed E-state index contributed by atoms with van der Waals surface area (Å²) in [4.78, 5) is 17.1. The smallest absolute Gasteiger partial charge is 0.229 e. The molecule has 2 heterocycles. The van der Waals surface area contributed by atoms with Crippen LogP contribution in [0.2, 0.25) is 0 Å². The summed E-state index contributed by atoms with van der Waals surface area (Å²) in [6.45, 7) is 12.9. The van der Waals surface area contributed by atoms with Crippen LogP contribution in [0, 0.1) is 5.92 Å². The van der Waals surface area contributed by atoms with Crippen molar-refractivity contribution in [2.45, 2.75) is 52.6 Å². The molecule has 2 aliphatic rings. The molecule has 0 spiro atoms. The highest BCUT2D eigenvalue weighted by Crippen LogP contribution is 2.34. The molecule has 0 aromatic heterocycles. The minimum absolute atomic E-state index is 0.0470. The zero-order valence-electron chi connectivity index (χ0n) is 15.5. The molecule has 24 heavy (non-hydrogen) atoms. The van der Waals surface area contributed by atoms with Gasteiger partial charge in [0.15, 0.2) is 0 Å². The van der Waals surface area contributed by atoms with E-state index in [4.69, 9.17) is 0 Å². The Hall–Kier alpha value is -1.39. The van der Waals surface area contributed by atoms with E-state index in [2.05, 4.69) is 42.3 Å². The molecular weight excluding hydrogens is 298 g/mol. The first-order chi connectivity index (χ1) is 11.5. The highest BCUT2D eigenvalue weighted by molar-refractivity contribution is 5.97. The molecule has 1 aromatic rings. The summed E-state index contributed by atoms with van der Waals surface area (Å²) in [5, 5.41) is 3.42. The number of carbonyl (C=O) groups is 1. The van der Waals surface area contributed by atoms with Gasteiger partial charge in [-0.25, -0.2) is 0 Å². The van der Waals surface area contributed by atoms with Gasteiger partial charge < -0.3 is 10.2 Å². The van der Waals surface area contributed by atoms with Gasteiger partial charge in [0.05, 0.1) is 0 Å². The fourth-order valence-electron chi connectivity index (χ4n) is 4.02. The lowest BCUT2D eigenvalue weighted by Crippen LogP contribution is -2.48. The molecule has 4 nitrogen and oxygen atoms in total. The van der Waals surface area contributed by atoms with Crippen molar-refractivity contribution in [1.82, 2.24) is 10.2 Å². The SMILES string of the molecule is CC(C)C(=O)N1c2ccc(CC(C)N3CCNCC3)cc2CC1C. The third-order valence-electron chi connectivity index (χ3n) is 5.40. The summed E-state index contributed by atoms with van der Waals surface area (Å²) in [5.74, 6) is 0.286. The van der Waals surface area contributed by atoms with E-state index in [-0.39, 0.29) is 17.9 Å². The van der Waals surface area contributed by atoms with E-state index in [1.807, 2.05) is 18.7 Å². The summed E-state index contributed by atoms with van der Waals surface area (Å²) in [6.07, 6.45) is 2.06. The lowest BCUT2D eigenvalue weighted by molar-refractivity contribution is -0.121. The van der Waals surface area contributed by atoms with Crippen LogP contribution in [-0.2, 0) is 17.6 Å². The van der Waals surface area contributed by atoms with Crippen LogP contribution in [0.4, 0.5) is 5.69 Å². The average Bonchev–Trinajstić information content (AvgIpc) is 2.89. The number of amides is 1. The van der Waals surface area contributed by atoms with Gasteiger partial charge in [-0.1, -0.05) is 26.0 Å². The maximum Gasteiger partial charge on any atom is 0.229 e. The van der Waals surface area contributed by atoms with Crippen molar-refractivity contribution in [3.8, 4) is 0 Å². The Labute approximate surface area is 146 Å². The minimum atomic E-state index is 0.0470. The molecular formula is C20H31N3O. The predicted molar refractivity (Wildman–Crippen MR) is 99.5 cm³/mol. The van der Waals surface area contributed by atoms with Gasteiger partial charge in [-0.15, -0.1) is 0 Å². The molecule has 0 saturated carbocycles. The largest absolute Gasteiger partial charge is 0.314 e. The molecule has 132 valence electrons. The molecule has 0 radical (unpaired) electrons. The van der Waals surface area contributed by atoms with Crippen LogP contribution in [0.15, 0.2) is 18.2 Å². The second-order valence-electron chi connectivity index (χ2n) is 7.72. The number of fused-ring (bicyclic) bond motifs is 1. The second-order valence-corrected chi connectivity index (χ2v) is 7.72. The van der Waals surface area contributed by atoms with E-state index in [1.165, 1.54) is 11.1 Å². The van der Waals surface area contributed by atoms with Gasteiger partial charge in [-0.2, -0.15) is 0 Å². The van der Waals surface area contributed by atoms with Crippen LogP contribution in [-0.4, -0.2) is 49.1 Å². The van der Waals surface area contributed by atoms with Crippen LogP contribution in [0.25, 0.3) is 0 Å². The standard InChI is InChI=1S/C20H31N3O/c1-14(2)20(24)23-16(4)12-18-13-17(5-6-19(18)23)11-15(3)22-9-7-21-8-10-22/h5-6,13-16,21H,7-12H2,1-4H3. The number of rotatable bonds is 4. The topological polar surface area (TPSA) is 35.6 Å². The first kappa shape index (κ1) is 17.4. The van der Waals surface area contributed by atoms with Crippen molar-refractivity contribution >= 4 is 11.6 Å². The maximum atomic E-state index is 12.5. The average molecular weight is 329 g/mol. The Morgan fingerprint density at radius 3 is 2.62 bits per heavy atom. The van der Waals surface area contributed by atoms with Crippen molar-refractivity contribution in [2.24, 2.45) is 5.92 Å². The predicted octanol–water partition coefficient (Wildman–Crippen LogP) is 2.46. The van der Waals surface area contributed by atoms with E-state index in [0.29, 0.717) is 6.04 Å². The Bertz CT molecular complexity index is 593. The lowest BCUT2D eigenvalue weighted by atomic mass is 10.0. The quantitative estimate of drug-likeness (QED) is 0.922. The third-order valence-corrected chi connectivity index (χ3v) is 5.40. The molecule has 1 saturated heterocycles. The molecule has 2 unspecified atom stereocenters. The summed E-state index contributed by atoms with van der Waals surface area (Å²) in [7, 11) is 0. The van der Waals surface area contributed by atoms with Crippen LogP contribution in [0.3, 0.4) is 0 Å². The molecule has 1 fully saturated rings. The molecule has 2 aliphatic heterocycles. The van der Waals surface area contributed by atoms with Crippen molar-refractivity contribution < 1.29 is 4.79 Å². The summed E-state index contributed by atoms with van der Waals surface area (Å²) < 4.78 is 0. The normalized spacial score (nSPS) is 22.7. The number of nitrogens with one attached hydrogen (secondary N) is 1. The molecule has 1 aromatic carbocycles. The van der Waals surface area contributed by atoms with Gasteiger partial charge in [-0.05, 0) is 43.9 Å². The van der Waals surface area contributed by atoms with Crippen molar-refractivity contribution in [3.05, 3.63) is 29.3 Å². The molecule has 2 atom stereocenters. The number of benzene rings is 1. The summed E-state index contributed by atoms with van der Waals surface area (Å²) in [6, 6.07) is 7.56. The van der Waals surface area contributed by atoms with Crippen LogP contribution < -0.4 is 10.2 Å². The Morgan fingerprint density at radius 2 is 1.96 bits per heavy atom. The van der Waals surface area contributed by atoms with Crippen LogP contribution in [0.1, 0.15) is 38.8 Å². The number of nitrogens with zero attached hydrogens (tertiary/aromatic N) is 2. The molecule has 0 bridgehead atoms. The van der Waals surface area contributed by atoms with Crippen molar-refractivity contribution in [1.29, 1.82) is 0 Å². The lowest BCUT2D eigenvalue weighted by Gasteiger charge is -2.33. The van der Waals surface area contributed by atoms with Crippen LogP contribution >= 0.6 is 0 Å². The number of hydrogen-bond acceptors (Lipinski definition) is 3. The number of carbonyl (C=O) groups excluding carboxylic acids is 1. The van der Waals surface area contributed by atoms with Crippen LogP contribution in [0.5, 0.6) is 0 Å². The summed E-state index contributed by atoms with van der Waals surface area (Å²) >= 11 is 0. The Balaban J connectivity index is 1.73. The van der Waals surface area contributed by atoms with Crippen molar-refractivity contribution in [2.75, 3.05) is 31.1 Å². The van der Waals surface area contributed by atoms with Gasteiger partial charge >= 0.3 is 0 Å². The highest BCUT2D eigenvalue weighted by atomic mass is 16.2. The zero-order valence-corrected chi connectivity index (χ0v) is 15.5. The van der Waals surface area contributed by atoms with Gasteiger partial charge in [0.2, 0.25) is 5.91 Å². The minimum Gasteiger partial charge on any atom is -0.314 e. The molecule has 3 rings (SSSR count). The van der Waals surface area contributed by atoms with Gasteiger partial charge in [0.25, 0.3) is 0 Å². The first-order valence-corrected chi connectivity index (χ1v) is 9.37. The highest BCUT2D eigenvalue weighted by Gasteiger charge is 2.32. The number of piperazine rings is 1. The molecule has 1 N–H and O–H groups in total. The zero-order chi connectivity index (χ0) is 17.3. The third kappa shape index (κ3) is 3.50. The van der Waals surface area contributed by atoms with E-state index in [1.54, 1.807) is 0 Å².